The average molecular weight is 344 g/mol. The van der Waals surface area contributed by atoms with Crippen molar-refractivity contribution in [2.45, 2.75) is 19.9 Å². The Morgan fingerprint density at radius 1 is 1.53 bits per heavy atom. The summed E-state index contributed by atoms with van der Waals surface area (Å²) in [6.07, 6.45) is 0.659. The van der Waals surface area contributed by atoms with Crippen LogP contribution >= 0.6 is 27.5 Å². The van der Waals surface area contributed by atoms with Gasteiger partial charge in [0.15, 0.2) is 0 Å². The van der Waals surface area contributed by atoms with Gasteiger partial charge in [0.2, 0.25) is 0 Å². The second-order valence-electron chi connectivity index (χ2n) is 3.83. The lowest BCUT2D eigenvalue weighted by molar-refractivity contribution is 0.0954. The van der Waals surface area contributed by atoms with Crippen molar-refractivity contribution in [3.05, 3.63) is 44.6 Å². The number of carbonyl (C=O) groups is 1. The van der Waals surface area contributed by atoms with Crippen molar-refractivity contribution in [3.63, 3.8) is 0 Å². The molecule has 1 aromatic carbocycles. The van der Waals surface area contributed by atoms with Gasteiger partial charge >= 0.3 is 0 Å². The van der Waals surface area contributed by atoms with E-state index in [0.29, 0.717) is 27.0 Å². The average Bonchev–Trinajstić information content (AvgIpc) is 2.88. The van der Waals surface area contributed by atoms with E-state index in [1.807, 2.05) is 6.92 Å². The molecule has 0 saturated carbocycles. The number of nitrogens with zero attached hydrogens (tertiary/aromatic N) is 2. The zero-order valence-corrected chi connectivity index (χ0v) is 12.5. The van der Waals surface area contributed by atoms with Crippen molar-refractivity contribution < 1.29 is 9.18 Å². The molecule has 0 aliphatic heterocycles. The summed E-state index contributed by atoms with van der Waals surface area (Å²) in [5.74, 6) is -0.573. The highest BCUT2D eigenvalue weighted by Gasteiger charge is 2.14. The Morgan fingerprint density at radius 2 is 2.32 bits per heavy atom. The van der Waals surface area contributed by atoms with E-state index in [0.717, 1.165) is 11.5 Å². The first-order chi connectivity index (χ1) is 9.11. The molecule has 1 heterocycles. The summed E-state index contributed by atoms with van der Waals surface area (Å²) in [5.41, 5.74) is 1.38. The highest BCUT2D eigenvalue weighted by Crippen LogP contribution is 2.16. The normalized spacial score (nSPS) is 10.5. The molecule has 19 heavy (non-hydrogen) atoms. The van der Waals surface area contributed by atoms with Gasteiger partial charge in [-0.1, -0.05) is 17.5 Å². The number of hydrogen-bond acceptors (Lipinski definition) is 4. The first kappa shape index (κ1) is 14.1. The number of amides is 1. The van der Waals surface area contributed by atoms with Crippen LogP contribution in [0.5, 0.6) is 0 Å². The van der Waals surface area contributed by atoms with E-state index in [9.17, 15) is 9.18 Å². The van der Waals surface area contributed by atoms with Gasteiger partial charge in [0.25, 0.3) is 5.91 Å². The maximum Gasteiger partial charge on any atom is 0.265 e. The molecular weight excluding hydrogens is 333 g/mol. The molecule has 0 atom stereocenters. The molecule has 1 amide bonds. The number of aromatic nitrogens is 2. The summed E-state index contributed by atoms with van der Waals surface area (Å²) in [5, 5.41) is 6.61. The van der Waals surface area contributed by atoms with Crippen LogP contribution < -0.4 is 5.32 Å². The monoisotopic (exact) mass is 343 g/mol. The van der Waals surface area contributed by atoms with E-state index < -0.39 is 0 Å². The summed E-state index contributed by atoms with van der Waals surface area (Å²) >= 11 is 4.15. The first-order valence-corrected chi connectivity index (χ1v) is 7.21. The molecule has 0 spiro atoms. The predicted molar refractivity (Wildman–Crippen MR) is 74.6 cm³/mol. The van der Waals surface area contributed by atoms with Crippen molar-refractivity contribution in [1.82, 2.24) is 14.9 Å². The molecule has 1 aromatic heterocycles. The Morgan fingerprint density at radius 3 is 3.00 bits per heavy atom. The number of halogens is 2. The number of rotatable bonds is 4. The second kappa shape index (κ2) is 6.21. The van der Waals surface area contributed by atoms with E-state index in [1.165, 1.54) is 6.07 Å². The van der Waals surface area contributed by atoms with Crippen molar-refractivity contribution >= 4 is 33.4 Å². The Bertz CT molecular complexity index is 602. The summed E-state index contributed by atoms with van der Waals surface area (Å²) in [4.78, 5) is 12.4. The third-order valence-corrected chi connectivity index (χ3v) is 3.94. The van der Waals surface area contributed by atoms with Crippen molar-refractivity contribution in [3.8, 4) is 0 Å². The van der Waals surface area contributed by atoms with Gasteiger partial charge in [-0.3, -0.25) is 4.79 Å². The lowest BCUT2D eigenvalue weighted by Crippen LogP contribution is -2.23. The van der Waals surface area contributed by atoms with Gasteiger partial charge in [-0.2, -0.15) is 0 Å². The Labute approximate surface area is 122 Å². The van der Waals surface area contributed by atoms with E-state index in [4.69, 9.17) is 0 Å². The molecule has 2 aromatic rings. The quantitative estimate of drug-likeness (QED) is 0.928. The van der Waals surface area contributed by atoms with Crippen molar-refractivity contribution in [2.24, 2.45) is 0 Å². The molecule has 0 bridgehead atoms. The maximum atomic E-state index is 13.3. The van der Waals surface area contributed by atoms with Gasteiger partial charge in [0, 0.05) is 6.54 Å². The van der Waals surface area contributed by atoms with E-state index in [1.54, 1.807) is 12.1 Å². The van der Waals surface area contributed by atoms with Gasteiger partial charge in [-0.05, 0) is 51.6 Å². The Balaban J connectivity index is 2.02. The minimum Gasteiger partial charge on any atom is -0.347 e. The summed E-state index contributed by atoms with van der Waals surface area (Å²) in [6, 6.07) is 4.75. The number of benzene rings is 1. The van der Waals surface area contributed by atoms with Crippen LogP contribution in [0.25, 0.3) is 0 Å². The number of hydrogen-bond donors (Lipinski definition) is 1. The third-order valence-electron chi connectivity index (χ3n) is 2.53. The molecular formula is C12H11BrFN3OS. The largest absolute Gasteiger partial charge is 0.347 e. The molecule has 1 N–H and O–H groups in total. The highest BCUT2D eigenvalue weighted by molar-refractivity contribution is 9.10. The van der Waals surface area contributed by atoms with Crippen LogP contribution in [0.3, 0.4) is 0 Å². The van der Waals surface area contributed by atoms with Gasteiger partial charge in [-0.25, -0.2) is 4.39 Å². The summed E-state index contributed by atoms with van der Waals surface area (Å²) in [6.45, 7) is 2.18. The predicted octanol–water partition coefficient (Wildman–Crippen LogP) is 2.93. The van der Waals surface area contributed by atoms with Crippen LogP contribution in [0.1, 0.15) is 27.9 Å². The standard InChI is InChI=1S/C12H11BrFN3OS/c1-2-10-11(19-17-16-10)12(18)15-6-7-3-4-8(13)9(14)5-7/h3-5H,2,6H2,1H3,(H,15,18). The van der Waals surface area contributed by atoms with Crippen molar-refractivity contribution in [1.29, 1.82) is 0 Å². The summed E-state index contributed by atoms with van der Waals surface area (Å²) in [7, 11) is 0. The highest BCUT2D eigenvalue weighted by atomic mass is 79.9. The Hall–Kier alpha value is -1.34. The van der Waals surface area contributed by atoms with Crippen LogP contribution in [0, 0.1) is 5.82 Å². The van der Waals surface area contributed by atoms with Gasteiger partial charge in [0.05, 0.1) is 10.2 Å². The third kappa shape index (κ3) is 3.36. The molecule has 0 aliphatic rings. The maximum absolute atomic E-state index is 13.3. The fourth-order valence-electron chi connectivity index (χ4n) is 1.52. The molecule has 100 valence electrons. The number of nitrogens with one attached hydrogen (secondary N) is 1. The lowest BCUT2D eigenvalue weighted by Gasteiger charge is -2.05. The zero-order valence-electron chi connectivity index (χ0n) is 10.1. The zero-order chi connectivity index (χ0) is 13.8. The SMILES string of the molecule is CCc1nnsc1C(=O)NCc1ccc(Br)c(F)c1. The fraction of sp³-hybridized carbons (Fsp3) is 0.250. The molecule has 4 nitrogen and oxygen atoms in total. The van der Waals surface area contributed by atoms with Crippen LogP contribution in [-0.2, 0) is 13.0 Å². The molecule has 0 fully saturated rings. The van der Waals surface area contributed by atoms with Gasteiger partial charge in [-0.15, -0.1) is 5.10 Å². The minimum atomic E-state index is -0.347. The molecule has 0 saturated heterocycles. The van der Waals surface area contributed by atoms with Crippen LogP contribution in [0.2, 0.25) is 0 Å². The lowest BCUT2D eigenvalue weighted by atomic mass is 10.2. The smallest absolute Gasteiger partial charge is 0.265 e. The first-order valence-electron chi connectivity index (χ1n) is 5.65. The van der Waals surface area contributed by atoms with Crippen molar-refractivity contribution in [2.75, 3.05) is 0 Å². The van der Waals surface area contributed by atoms with Crippen LogP contribution in [0.4, 0.5) is 4.39 Å². The van der Waals surface area contributed by atoms with E-state index >= 15 is 0 Å². The van der Waals surface area contributed by atoms with Gasteiger partial charge in [0.1, 0.15) is 10.7 Å². The van der Waals surface area contributed by atoms with Crippen LogP contribution in [-0.4, -0.2) is 15.5 Å². The minimum absolute atomic E-state index is 0.227. The molecule has 0 aliphatic carbocycles. The van der Waals surface area contributed by atoms with E-state index in [2.05, 4.69) is 30.8 Å². The second-order valence-corrected chi connectivity index (χ2v) is 5.44. The number of carbonyl (C=O) groups excluding carboxylic acids is 1. The van der Waals surface area contributed by atoms with E-state index in [-0.39, 0.29) is 18.3 Å². The molecule has 0 unspecified atom stereocenters. The number of aryl methyl sites for hydroxylation is 1. The van der Waals surface area contributed by atoms with Gasteiger partial charge < -0.3 is 5.32 Å². The Kier molecular flexibility index (Phi) is 4.60. The molecule has 2 rings (SSSR count). The molecule has 7 heteroatoms. The van der Waals surface area contributed by atoms with Crippen LogP contribution in [0.15, 0.2) is 22.7 Å². The topological polar surface area (TPSA) is 54.9 Å². The summed E-state index contributed by atoms with van der Waals surface area (Å²) < 4.78 is 17.5. The fourth-order valence-corrected chi connectivity index (χ4v) is 2.44. The molecule has 0 radical (unpaired) electrons.